The predicted molar refractivity (Wildman–Crippen MR) is 100 cm³/mol. The van der Waals surface area contributed by atoms with Crippen molar-refractivity contribution in [2.75, 3.05) is 5.32 Å². The Kier molecular flexibility index (Phi) is 5.31. The van der Waals surface area contributed by atoms with Gasteiger partial charge in [0, 0.05) is 28.4 Å². The lowest BCUT2D eigenvalue weighted by Gasteiger charge is -2.15. The molecular formula is C18H16ClN3O2S. The first-order valence-electron chi connectivity index (χ1n) is 7.62. The van der Waals surface area contributed by atoms with Crippen molar-refractivity contribution in [1.82, 2.24) is 9.97 Å². The van der Waals surface area contributed by atoms with Crippen LogP contribution in [0.1, 0.15) is 12.5 Å². The highest BCUT2D eigenvalue weighted by atomic mass is 35.5. The van der Waals surface area contributed by atoms with Gasteiger partial charge < -0.3 is 4.74 Å². The van der Waals surface area contributed by atoms with Crippen molar-refractivity contribution in [3.8, 4) is 17.0 Å². The SMILES string of the molecule is Cc1cc(Cl)ccc1O[C@H](C)C(=O)Nc1nc(-c2cccnc2)cs1. The maximum Gasteiger partial charge on any atom is 0.266 e. The van der Waals surface area contributed by atoms with Crippen LogP contribution in [0.5, 0.6) is 5.75 Å². The van der Waals surface area contributed by atoms with E-state index in [0.29, 0.717) is 15.9 Å². The molecule has 3 rings (SSSR count). The van der Waals surface area contributed by atoms with E-state index >= 15 is 0 Å². The molecule has 1 amide bonds. The lowest BCUT2D eigenvalue weighted by atomic mass is 10.2. The normalized spacial score (nSPS) is 11.8. The number of benzene rings is 1. The summed E-state index contributed by atoms with van der Waals surface area (Å²) in [5.74, 6) is 0.365. The van der Waals surface area contributed by atoms with Crippen LogP contribution in [0.25, 0.3) is 11.3 Å². The average Bonchev–Trinajstić information content (AvgIpc) is 3.06. The highest BCUT2D eigenvalue weighted by Gasteiger charge is 2.17. The minimum absolute atomic E-state index is 0.263. The Balaban J connectivity index is 1.65. The van der Waals surface area contributed by atoms with Crippen molar-refractivity contribution in [1.29, 1.82) is 0 Å². The second-order valence-electron chi connectivity index (χ2n) is 5.44. The van der Waals surface area contributed by atoms with Crippen LogP contribution in [-0.2, 0) is 4.79 Å². The maximum absolute atomic E-state index is 12.3. The molecule has 2 aromatic heterocycles. The van der Waals surface area contributed by atoms with Gasteiger partial charge in [0.15, 0.2) is 11.2 Å². The van der Waals surface area contributed by atoms with Crippen LogP contribution in [0.2, 0.25) is 5.02 Å². The van der Waals surface area contributed by atoms with E-state index in [0.717, 1.165) is 16.8 Å². The van der Waals surface area contributed by atoms with Crippen molar-refractivity contribution in [3.63, 3.8) is 0 Å². The number of aryl methyl sites for hydroxylation is 1. The standard InChI is InChI=1S/C18H16ClN3O2S/c1-11-8-14(19)5-6-16(11)24-12(2)17(23)22-18-21-15(10-25-18)13-4-3-7-20-9-13/h3-10,12H,1-2H3,(H,21,22,23)/t12-/m1/s1. The molecule has 0 fully saturated rings. The lowest BCUT2D eigenvalue weighted by molar-refractivity contribution is -0.122. The molecule has 1 atom stereocenters. The Morgan fingerprint density at radius 2 is 2.20 bits per heavy atom. The highest BCUT2D eigenvalue weighted by Crippen LogP contribution is 2.25. The molecule has 3 aromatic rings. The Morgan fingerprint density at radius 3 is 2.92 bits per heavy atom. The summed E-state index contributed by atoms with van der Waals surface area (Å²) in [6.45, 7) is 3.58. The van der Waals surface area contributed by atoms with Crippen molar-refractivity contribution in [3.05, 3.63) is 58.7 Å². The number of nitrogens with zero attached hydrogens (tertiary/aromatic N) is 2. The summed E-state index contributed by atoms with van der Waals surface area (Å²) in [7, 11) is 0. The van der Waals surface area contributed by atoms with Gasteiger partial charge in [0.2, 0.25) is 0 Å². The van der Waals surface area contributed by atoms with Gasteiger partial charge >= 0.3 is 0 Å². The van der Waals surface area contributed by atoms with Crippen LogP contribution in [0.4, 0.5) is 5.13 Å². The summed E-state index contributed by atoms with van der Waals surface area (Å²) in [4.78, 5) is 20.8. The summed E-state index contributed by atoms with van der Waals surface area (Å²) < 4.78 is 5.72. The Morgan fingerprint density at radius 1 is 1.36 bits per heavy atom. The zero-order chi connectivity index (χ0) is 17.8. The summed E-state index contributed by atoms with van der Waals surface area (Å²) in [5, 5.41) is 5.81. The molecule has 0 aliphatic heterocycles. The van der Waals surface area contributed by atoms with Crippen molar-refractivity contribution < 1.29 is 9.53 Å². The molecule has 128 valence electrons. The van der Waals surface area contributed by atoms with E-state index in [1.54, 1.807) is 37.5 Å². The predicted octanol–water partition coefficient (Wildman–Crippen LogP) is 4.57. The number of aromatic nitrogens is 2. The fraction of sp³-hybridized carbons (Fsp3) is 0.167. The number of carbonyl (C=O) groups excluding carboxylic acids is 1. The van der Waals surface area contributed by atoms with Gasteiger partial charge in [-0.1, -0.05) is 11.6 Å². The topological polar surface area (TPSA) is 64.1 Å². The highest BCUT2D eigenvalue weighted by molar-refractivity contribution is 7.14. The summed E-state index contributed by atoms with van der Waals surface area (Å²) >= 11 is 7.29. The quantitative estimate of drug-likeness (QED) is 0.711. The molecule has 0 spiro atoms. The van der Waals surface area contributed by atoms with E-state index in [1.165, 1.54) is 11.3 Å². The zero-order valence-electron chi connectivity index (χ0n) is 13.7. The van der Waals surface area contributed by atoms with Gasteiger partial charge in [0.05, 0.1) is 5.69 Å². The molecule has 1 N–H and O–H groups in total. The van der Waals surface area contributed by atoms with Gasteiger partial charge in [0.1, 0.15) is 5.75 Å². The summed E-state index contributed by atoms with van der Waals surface area (Å²) in [5.41, 5.74) is 2.55. The first kappa shape index (κ1) is 17.4. The molecule has 1 aromatic carbocycles. The minimum Gasteiger partial charge on any atom is -0.481 e. The number of amides is 1. The molecule has 0 aliphatic rings. The van der Waals surface area contributed by atoms with E-state index in [1.807, 2.05) is 24.4 Å². The molecule has 0 radical (unpaired) electrons. The molecule has 0 unspecified atom stereocenters. The van der Waals surface area contributed by atoms with Crippen LogP contribution < -0.4 is 10.1 Å². The first-order valence-corrected chi connectivity index (χ1v) is 8.88. The molecular weight excluding hydrogens is 358 g/mol. The Hall–Kier alpha value is -2.44. The number of rotatable bonds is 5. The number of thiazole rings is 1. The first-order chi connectivity index (χ1) is 12.0. The van der Waals surface area contributed by atoms with E-state index in [2.05, 4.69) is 15.3 Å². The third-order valence-corrected chi connectivity index (χ3v) is 4.49. The van der Waals surface area contributed by atoms with Gasteiger partial charge in [-0.05, 0) is 49.7 Å². The second kappa shape index (κ2) is 7.63. The number of pyridine rings is 1. The number of halogens is 1. The number of hydrogen-bond donors (Lipinski definition) is 1. The van der Waals surface area contributed by atoms with E-state index in [-0.39, 0.29) is 5.91 Å². The van der Waals surface area contributed by atoms with Crippen LogP contribution in [0.15, 0.2) is 48.1 Å². The Bertz CT molecular complexity index is 883. The van der Waals surface area contributed by atoms with Gasteiger partial charge in [-0.3, -0.25) is 15.1 Å². The van der Waals surface area contributed by atoms with Crippen LogP contribution >= 0.6 is 22.9 Å². The molecule has 0 bridgehead atoms. The molecule has 0 saturated heterocycles. The lowest BCUT2D eigenvalue weighted by Crippen LogP contribution is -2.30. The van der Waals surface area contributed by atoms with Crippen molar-refractivity contribution in [2.24, 2.45) is 0 Å². The Labute approximate surface area is 154 Å². The third kappa shape index (κ3) is 4.35. The molecule has 25 heavy (non-hydrogen) atoms. The van der Waals surface area contributed by atoms with Gasteiger partial charge in [-0.2, -0.15) is 0 Å². The average molecular weight is 374 g/mol. The smallest absolute Gasteiger partial charge is 0.266 e. The number of hydrogen-bond acceptors (Lipinski definition) is 5. The van der Waals surface area contributed by atoms with Gasteiger partial charge in [-0.15, -0.1) is 11.3 Å². The molecule has 7 heteroatoms. The van der Waals surface area contributed by atoms with Gasteiger partial charge in [-0.25, -0.2) is 4.98 Å². The monoisotopic (exact) mass is 373 g/mol. The third-order valence-electron chi connectivity index (χ3n) is 3.50. The number of carbonyl (C=O) groups is 1. The van der Waals surface area contributed by atoms with Crippen LogP contribution in [0.3, 0.4) is 0 Å². The molecule has 0 aliphatic carbocycles. The van der Waals surface area contributed by atoms with E-state index < -0.39 is 6.10 Å². The number of anilines is 1. The minimum atomic E-state index is -0.661. The zero-order valence-corrected chi connectivity index (χ0v) is 15.3. The number of nitrogens with one attached hydrogen (secondary N) is 1. The summed E-state index contributed by atoms with van der Waals surface area (Å²) in [6, 6.07) is 9.05. The molecule has 5 nitrogen and oxygen atoms in total. The summed E-state index contributed by atoms with van der Waals surface area (Å²) in [6.07, 6.45) is 2.78. The van der Waals surface area contributed by atoms with Crippen molar-refractivity contribution >= 4 is 34.0 Å². The largest absolute Gasteiger partial charge is 0.481 e. The van der Waals surface area contributed by atoms with E-state index in [4.69, 9.17) is 16.3 Å². The maximum atomic E-state index is 12.3. The molecule has 2 heterocycles. The fourth-order valence-corrected chi connectivity index (χ4v) is 3.12. The van der Waals surface area contributed by atoms with Gasteiger partial charge in [0.25, 0.3) is 5.91 Å². The fourth-order valence-electron chi connectivity index (χ4n) is 2.17. The van der Waals surface area contributed by atoms with Crippen molar-refractivity contribution in [2.45, 2.75) is 20.0 Å². The van der Waals surface area contributed by atoms with Crippen LogP contribution in [-0.4, -0.2) is 22.0 Å². The van der Waals surface area contributed by atoms with Crippen LogP contribution in [0, 0.1) is 6.92 Å². The number of ether oxygens (including phenoxy) is 1. The second-order valence-corrected chi connectivity index (χ2v) is 6.73. The molecule has 0 saturated carbocycles. The van der Waals surface area contributed by atoms with E-state index in [9.17, 15) is 4.79 Å².